The second-order valence-corrected chi connectivity index (χ2v) is 7.54. The van der Waals surface area contributed by atoms with Crippen LogP contribution in [0.3, 0.4) is 0 Å². The van der Waals surface area contributed by atoms with Gasteiger partial charge >= 0.3 is 0 Å². The number of hydrazine groups is 1. The Morgan fingerprint density at radius 1 is 1.07 bits per heavy atom. The van der Waals surface area contributed by atoms with Crippen molar-refractivity contribution in [3.8, 4) is 11.8 Å². The van der Waals surface area contributed by atoms with E-state index in [2.05, 4.69) is 10.9 Å². The summed E-state index contributed by atoms with van der Waals surface area (Å²) in [6, 6.07) is 10.4. The number of hydrogen-bond donors (Lipinski definition) is 2. The van der Waals surface area contributed by atoms with Crippen LogP contribution in [0.15, 0.2) is 30.3 Å². The van der Waals surface area contributed by atoms with E-state index in [1.54, 1.807) is 24.3 Å². The molecule has 0 fully saturated rings. The van der Waals surface area contributed by atoms with E-state index in [0.29, 0.717) is 16.2 Å². The first-order chi connectivity index (χ1) is 13.2. The smallest absolute Gasteiger partial charge is 0.279 e. The number of rotatable bonds is 4. The minimum Gasteiger partial charge on any atom is -0.484 e. The molecule has 0 spiro atoms. The van der Waals surface area contributed by atoms with Gasteiger partial charge in [-0.05, 0) is 61.6 Å². The third-order valence-corrected chi connectivity index (χ3v) is 5.63. The molecule has 6 nitrogen and oxygen atoms in total. The number of nitrogens with one attached hydrogen (secondary N) is 2. The SMILES string of the molecule is N#Cc1ccc(OCC(=O)NNC(=O)c2cc3c(s2)CCCCCC3)cc1. The van der Waals surface area contributed by atoms with Crippen molar-refractivity contribution in [1.29, 1.82) is 5.26 Å². The molecule has 1 aromatic heterocycles. The summed E-state index contributed by atoms with van der Waals surface area (Å²) in [5.74, 6) is -0.283. The molecule has 0 saturated carbocycles. The Kier molecular flexibility index (Phi) is 6.44. The Labute approximate surface area is 162 Å². The summed E-state index contributed by atoms with van der Waals surface area (Å²) in [6.07, 6.45) is 6.86. The molecule has 3 rings (SSSR count). The van der Waals surface area contributed by atoms with Crippen LogP contribution in [0.5, 0.6) is 5.75 Å². The molecule has 2 aromatic rings. The van der Waals surface area contributed by atoms with E-state index in [1.165, 1.54) is 34.6 Å². The van der Waals surface area contributed by atoms with E-state index in [4.69, 9.17) is 10.00 Å². The van der Waals surface area contributed by atoms with Gasteiger partial charge in [-0.2, -0.15) is 5.26 Å². The van der Waals surface area contributed by atoms with E-state index in [9.17, 15) is 9.59 Å². The molecule has 7 heteroatoms. The number of nitrogens with zero attached hydrogens (tertiary/aromatic N) is 1. The maximum atomic E-state index is 12.3. The normalized spacial score (nSPS) is 13.4. The van der Waals surface area contributed by atoms with Gasteiger partial charge in [0.05, 0.1) is 16.5 Å². The molecule has 2 amide bonds. The summed E-state index contributed by atoms with van der Waals surface area (Å²) in [5.41, 5.74) is 6.59. The maximum absolute atomic E-state index is 12.3. The summed E-state index contributed by atoms with van der Waals surface area (Å²) >= 11 is 1.51. The number of carbonyl (C=O) groups excluding carboxylic acids is 2. The molecule has 1 aliphatic rings. The second kappa shape index (κ2) is 9.19. The fourth-order valence-electron chi connectivity index (χ4n) is 2.95. The maximum Gasteiger partial charge on any atom is 0.279 e. The van der Waals surface area contributed by atoms with Crippen molar-refractivity contribution >= 4 is 23.2 Å². The first-order valence-corrected chi connectivity index (χ1v) is 9.81. The number of benzene rings is 1. The zero-order valence-electron chi connectivity index (χ0n) is 14.9. The average molecular weight is 383 g/mol. The van der Waals surface area contributed by atoms with Crippen LogP contribution in [0.4, 0.5) is 0 Å². The lowest BCUT2D eigenvalue weighted by atomic mass is 10.00. The Morgan fingerprint density at radius 3 is 2.56 bits per heavy atom. The number of ether oxygens (including phenoxy) is 1. The largest absolute Gasteiger partial charge is 0.484 e. The summed E-state index contributed by atoms with van der Waals surface area (Å²) in [6.45, 7) is -0.229. The van der Waals surface area contributed by atoms with Crippen molar-refractivity contribution in [1.82, 2.24) is 10.9 Å². The summed E-state index contributed by atoms with van der Waals surface area (Å²) in [5, 5.41) is 8.75. The molecule has 0 atom stereocenters. The second-order valence-electron chi connectivity index (χ2n) is 6.40. The van der Waals surface area contributed by atoms with Crippen molar-refractivity contribution in [2.45, 2.75) is 38.5 Å². The predicted molar refractivity (Wildman–Crippen MR) is 102 cm³/mol. The van der Waals surface area contributed by atoms with Crippen LogP contribution in [-0.4, -0.2) is 18.4 Å². The van der Waals surface area contributed by atoms with Crippen molar-refractivity contribution in [2.75, 3.05) is 6.61 Å². The van der Waals surface area contributed by atoms with Gasteiger partial charge in [0.2, 0.25) is 0 Å². The van der Waals surface area contributed by atoms with Crippen LogP contribution in [0.2, 0.25) is 0 Å². The van der Waals surface area contributed by atoms with Gasteiger partial charge in [-0.25, -0.2) is 0 Å². The lowest BCUT2D eigenvalue weighted by molar-refractivity contribution is -0.123. The highest BCUT2D eigenvalue weighted by Gasteiger charge is 2.16. The van der Waals surface area contributed by atoms with E-state index >= 15 is 0 Å². The third kappa shape index (κ3) is 5.31. The van der Waals surface area contributed by atoms with E-state index in [-0.39, 0.29) is 12.5 Å². The highest BCUT2D eigenvalue weighted by atomic mass is 32.1. The standard InChI is InChI=1S/C20H21N3O3S/c21-12-14-7-9-16(10-8-14)26-13-19(24)22-23-20(25)18-11-15-5-3-1-2-4-6-17(15)27-18/h7-11H,1-6,13H2,(H,22,24)(H,23,25). The molecule has 0 unspecified atom stereocenters. The van der Waals surface area contributed by atoms with Gasteiger partial charge in [0.15, 0.2) is 6.61 Å². The van der Waals surface area contributed by atoms with Crippen molar-refractivity contribution in [2.24, 2.45) is 0 Å². The Balaban J connectivity index is 1.47. The van der Waals surface area contributed by atoms with Gasteiger partial charge in [0, 0.05) is 4.88 Å². The first-order valence-electron chi connectivity index (χ1n) is 8.99. The Morgan fingerprint density at radius 2 is 1.81 bits per heavy atom. The Bertz CT molecular complexity index is 827. The zero-order valence-corrected chi connectivity index (χ0v) is 15.7. The quantitative estimate of drug-likeness (QED) is 0.794. The predicted octanol–water partition coefficient (Wildman–Crippen LogP) is 3.12. The third-order valence-electron chi connectivity index (χ3n) is 4.39. The molecule has 0 saturated heterocycles. The molecular weight excluding hydrogens is 362 g/mol. The molecule has 0 radical (unpaired) electrons. The van der Waals surface area contributed by atoms with Gasteiger partial charge in [-0.1, -0.05) is 12.8 Å². The molecular formula is C20H21N3O3S. The van der Waals surface area contributed by atoms with Crippen molar-refractivity contribution < 1.29 is 14.3 Å². The molecule has 27 heavy (non-hydrogen) atoms. The Hall–Kier alpha value is -2.85. The van der Waals surface area contributed by atoms with Gasteiger partial charge in [-0.3, -0.25) is 20.4 Å². The topological polar surface area (TPSA) is 91.2 Å². The molecule has 2 N–H and O–H groups in total. The average Bonchev–Trinajstić information content (AvgIpc) is 3.07. The van der Waals surface area contributed by atoms with E-state index in [0.717, 1.165) is 25.7 Å². The number of carbonyl (C=O) groups is 2. The summed E-state index contributed by atoms with van der Waals surface area (Å²) in [4.78, 5) is 26.1. The van der Waals surface area contributed by atoms with Gasteiger partial charge in [0.25, 0.3) is 11.8 Å². The number of fused-ring (bicyclic) bond motifs is 1. The minimum atomic E-state index is -0.456. The van der Waals surface area contributed by atoms with Crippen molar-refractivity contribution in [3.63, 3.8) is 0 Å². The fraction of sp³-hybridized carbons (Fsp3) is 0.350. The number of nitriles is 1. The highest BCUT2D eigenvalue weighted by Crippen LogP contribution is 2.28. The molecule has 0 aliphatic heterocycles. The molecule has 1 aliphatic carbocycles. The van der Waals surface area contributed by atoms with Crippen LogP contribution in [0.25, 0.3) is 0 Å². The molecule has 1 heterocycles. The lowest BCUT2D eigenvalue weighted by Gasteiger charge is -2.08. The van der Waals surface area contributed by atoms with Gasteiger partial charge in [0.1, 0.15) is 5.75 Å². The summed E-state index contributed by atoms with van der Waals surface area (Å²) < 4.78 is 5.33. The van der Waals surface area contributed by atoms with Crippen LogP contribution < -0.4 is 15.6 Å². The van der Waals surface area contributed by atoms with Crippen LogP contribution in [0, 0.1) is 11.3 Å². The minimum absolute atomic E-state index is 0.229. The summed E-state index contributed by atoms with van der Waals surface area (Å²) in [7, 11) is 0. The van der Waals surface area contributed by atoms with Crippen molar-refractivity contribution in [3.05, 3.63) is 51.2 Å². The highest BCUT2D eigenvalue weighted by molar-refractivity contribution is 7.14. The number of hydrogen-bond acceptors (Lipinski definition) is 5. The number of aryl methyl sites for hydroxylation is 2. The fourth-order valence-corrected chi connectivity index (χ4v) is 4.10. The van der Waals surface area contributed by atoms with Crippen LogP contribution >= 0.6 is 11.3 Å². The van der Waals surface area contributed by atoms with Gasteiger partial charge < -0.3 is 4.74 Å². The monoisotopic (exact) mass is 383 g/mol. The zero-order chi connectivity index (χ0) is 19.1. The van der Waals surface area contributed by atoms with Crippen LogP contribution in [0.1, 0.15) is 51.4 Å². The molecule has 0 bridgehead atoms. The lowest BCUT2D eigenvalue weighted by Crippen LogP contribution is -2.43. The van der Waals surface area contributed by atoms with Gasteiger partial charge in [-0.15, -0.1) is 11.3 Å². The van der Waals surface area contributed by atoms with E-state index in [1.807, 2.05) is 12.1 Å². The number of thiophene rings is 1. The number of amides is 2. The first kappa shape index (κ1) is 18.9. The molecule has 1 aromatic carbocycles. The molecule has 140 valence electrons. The van der Waals surface area contributed by atoms with Crippen LogP contribution in [-0.2, 0) is 17.6 Å². The van der Waals surface area contributed by atoms with E-state index < -0.39 is 5.91 Å².